The summed E-state index contributed by atoms with van der Waals surface area (Å²) in [5.41, 5.74) is 3.91. The van der Waals surface area contributed by atoms with Gasteiger partial charge in [-0.2, -0.15) is 0 Å². The standard InChI is InChI=1S/C17H20ClNO/c1-3-14-6-4-5-7-15(14)12-19-11-13-8-9-17(20-2)16(18)10-13/h4-10,19H,3,11-12H2,1-2H3. The second kappa shape index (κ2) is 7.32. The van der Waals surface area contributed by atoms with Crippen LogP contribution in [0, 0.1) is 0 Å². The van der Waals surface area contributed by atoms with Gasteiger partial charge in [-0.05, 0) is 35.2 Å². The van der Waals surface area contributed by atoms with Crippen molar-refractivity contribution in [1.29, 1.82) is 0 Å². The molecule has 0 aliphatic carbocycles. The summed E-state index contributed by atoms with van der Waals surface area (Å²) in [6.45, 7) is 3.84. The Hall–Kier alpha value is -1.51. The summed E-state index contributed by atoms with van der Waals surface area (Å²) >= 11 is 6.12. The van der Waals surface area contributed by atoms with Gasteiger partial charge in [-0.1, -0.05) is 48.9 Å². The second-order valence-corrected chi connectivity index (χ2v) is 5.10. The van der Waals surface area contributed by atoms with Crippen molar-refractivity contribution in [1.82, 2.24) is 5.32 Å². The van der Waals surface area contributed by atoms with Gasteiger partial charge in [0.25, 0.3) is 0 Å². The molecule has 1 N–H and O–H groups in total. The first-order chi connectivity index (χ1) is 9.74. The summed E-state index contributed by atoms with van der Waals surface area (Å²) in [5, 5.41) is 4.11. The number of ether oxygens (including phenoxy) is 1. The topological polar surface area (TPSA) is 21.3 Å². The maximum Gasteiger partial charge on any atom is 0.137 e. The van der Waals surface area contributed by atoms with Gasteiger partial charge >= 0.3 is 0 Å². The van der Waals surface area contributed by atoms with Gasteiger partial charge in [0.2, 0.25) is 0 Å². The molecule has 20 heavy (non-hydrogen) atoms. The normalized spacial score (nSPS) is 10.6. The highest BCUT2D eigenvalue weighted by Crippen LogP contribution is 2.24. The fourth-order valence-electron chi connectivity index (χ4n) is 2.24. The molecule has 0 aromatic heterocycles. The summed E-state index contributed by atoms with van der Waals surface area (Å²) in [5.74, 6) is 0.715. The number of methoxy groups -OCH3 is 1. The quantitative estimate of drug-likeness (QED) is 0.860. The van der Waals surface area contributed by atoms with Crippen LogP contribution in [0.3, 0.4) is 0 Å². The number of aryl methyl sites for hydroxylation is 1. The van der Waals surface area contributed by atoms with Crippen LogP contribution in [0.2, 0.25) is 5.02 Å². The molecular weight excluding hydrogens is 270 g/mol. The highest BCUT2D eigenvalue weighted by Gasteiger charge is 2.03. The SMILES string of the molecule is CCc1ccccc1CNCc1ccc(OC)c(Cl)c1. The van der Waals surface area contributed by atoms with Crippen molar-refractivity contribution in [2.24, 2.45) is 0 Å². The van der Waals surface area contributed by atoms with E-state index in [1.54, 1.807) is 7.11 Å². The van der Waals surface area contributed by atoms with E-state index >= 15 is 0 Å². The third-order valence-electron chi connectivity index (χ3n) is 3.36. The van der Waals surface area contributed by atoms with Crippen molar-refractivity contribution in [2.45, 2.75) is 26.4 Å². The molecule has 0 heterocycles. The maximum atomic E-state index is 6.12. The first-order valence-electron chi connectivity index (χ1n) is 6.84. The first-order valence-corrected chi connectivity index (χ1v) is 7.22. The van der Waals surface area contributed by atoms with Crippen molar-refractivity contribution in [3.05, 3.63) is 64.2 Å². The summed E-state index contributed by atoms with van der Waals surface area (Å²) in [4.78, 5) is 0. The molecule has 0 unspecified atom stereocenters. The van der Waals surface area contributed by atoms with Gasteiger partial charge in [0.05, 0.1) is 12.1 Å². The van der Waals surface area contributed by atoms with Gasteiger partial charge in [0.15, 0.2) is 0 Å². The second-order valence-electron chi connectivity index (χ2n) is 4.69. The Balaban J connectivity index is 1.94. The smallest absolute Gasteiger partial charge is 0.137 e. The van der Waals surface area contributed by atoms with Gasteiger partial charge in [0.1, 0.15) is 5.75 Å². The zero-order valence-corrected chi connectivity index (χ0v) is 12.7. The van der Waals surface area contributed by atoms with Crippen LogP contribution in [0.15, 0.2) is 42.5 Å². The predicted octanol–water partition coefficient (Wildman–Crippen LogP) is 4.20. The molecular formula is C17H20ClNO. The number of hydrogen-bond acceptors (Lipinski definition) is 2. The van der Waals surface area contributed by atoms with Gasteiger partial charge in [-0.25, -0.2) is 0 Å². The Kier molecular flexibility index (Phi) is 5.45. The van der Waals surface area contributed by atoms with Crippen LogP contribution < -0.4 is 10.1 Å². The number of hydrogen-bond donors (Lipinski definition) is 1. The molecule has 0 aliphatic heterocycles. The molecule has 0 spiro atoms. The summed E-state index contributed by atoms with van der Waals surface area (Å²) in [6.07, 6.45) is 1.06. The molecule has 2 aromatic carbocycles. The van der Waals surface area contributed by atoms with Crippen molar-refractivity contribution in [3.63, 3.8) is 0 Å². The molecule has 2 rings (SSSR count). The van der Waals surface area contributed by atoms with Crippen LogP contribution in [0.1, 0.15) is 23.6 Å². The molecule has 106 valence electrons. The molecule has 2 aromatic rings. The molecule has 0 fully saturated rings. The van der Waals surface area contributed by atoms with E-state index in [1.807, 2.05) is 18.2 Å². The molecule has 0 amide bonds. The van der Waals surface area contributed by atoms with Crippen molar-refractivity contribution in [3.8, 4) is 5.75 Å². The molecule has 0 saturated carbocycles. The van der Waals surface area contributed by atoms with E-state index < -0.39 is 0 Å². The average Bonchev–Trinajstić information content (AvgIpc) is 2.48. The molecule has 0 bridgehead atoms. The summed E-state index contributed by atoms with van der Waals surface area (Å²) < 4.78 is 5.15. The average molecular weight is 290 g/mol. The Morgan fingerprint density at radius 2 is 1.80 bits per heavy atom. The maximum absolute atomic E-state index is 6.12. The summed E-state index contributed by atoms with van der Waals surface area (Å²) in [6, 6.07) is 14.4. The lowest BCUT2D eigenvalue weighted by atomic mass is 10.1. The Labute approximate surface area is 125 Å². The lowest BCUT2D eigenvalue weighted by Gasteiger charge is -2.10. The minimum absolute atomic E-state index is 0.653. The first kappa shape index (κ1) is 14.9. The molecule has 0 atom stereocenters. The minimum Gasteiger partial charge on any atom is -0.495 e. The van der Waals surface area contributed by atoms with E-state index in [0.717, 1.165) is 25.1 Å². The zero-order chi connectivity index (χ0) is 14.4. The monoisotopic (exact) mass is 289 g/mol. The lowest BCUT2D eigenvalue weighted by molar-refractivity contribution is 0.415. The zero-order valence-electron chi connectivity index (χ0n) is 11.9. The highest BCUT2D eigenvalue weighted by atomic mass is 35.5. The number of nitrogens with one attached hydrogen (secondary N) is 1. The minimum atomic E-state index is 0.653. The predicted molar refractivity (Wildman–Crippen MR) is 84.4 cm³/mol. The van der Waals surface area contributed by atoms with Crippen LogP contribution in [0.4, 0.5) is 0 Å². The van der Waals surface area contributed by atoms with Crippen LogP contribution in [0.5, 0.6) is 5.75 Å². The van der Waals surface area contributed by atoms with E-state index in [2.05, 4.69) is 36.5 Å². The third kappa shape index (κ3) is 3.75. The van der Waals surface area contributed by atoms with E-state index in [0.29, 0.717) is 10.8 Å². The number of rotatable bonds is 6. The van der Waals surface area contributed by atoms with Gasteiger partial charge in [-0.15, -0.1) is 0 Å². The van der Waals surface area contributed by atoms with E-state index in [-0.39, 0.29) is 0 Å². The Morgan fingerprint density at radius 3 is 2.45 bits per heavy atom. The fraction of sp³-hybridized carbons (Fsp3) is 0.294. The van der Waals surface area contributed by atoms with Gasteiger partial charge < -0.3 is 10.1 Å². The van der Waals surface area contributed by atoms with E-state index in [1.165, 1.54) is 11.1 Å². The van der Waals surface area contributed by atoms with Crippen molar-refractivity contribution in [2.75, 3.05) is 7.11 Å². The van der Waals surface area contributed by atoms with E-state index in [9.17, 15) is 0 Å². The van der Waals surface area contributed by atoms with E-state index in [4.69, 9.17) is 16.3 Å². The van der Waals surface area contributed by atoms with Crippen LogP contribution in [0.25, 0.3) is 0 Å². The Bertz CT molecular complexity index is 569. The summed E-state index contributed by atoms with van der Waals surface area (Å²) in [7, 11) is 1.63. The largest absolute Gasteiger partial charge is 0.495 e. The Morgan fingerprint density at radius 1 is 1.05 bits per heavy atom. The molecule has 0 aliphatic rings. The lowest BCUT2D eigenvalue weighted by Crippen LogP contribution is -2.13. The molecule has 3 heteroatoms. The molecule has 0 radical (unpaired) electrons. The van der Waals surface area contributed by atoms with Crippen molar-refractivity contribution < 1.29 is 4.74 Å². The van der Waals surface area contributed by atoms with Crippen molar-refractivity contribution >= 4 is 11.6 Å². The van der Waals surface area contributed by atoms with Gasteiger partial charge in [0, 0.05) is 13.1 Å². The molecule has 2 nitrogen and oxygen atoms in total. The third-order valence-corrected chi connectivity index (χ3v) is 3.66. The number of benzene rings is 2. The van der Waals surface area contributed by atoms with Crippen LogP contribution in [-0.2, 0) is 19.5 Å². The van der Waals surface area contributed by atoms with Gasteiger partial charge in [-0.3, -0.25) is 0 Å². The molecule has 0 saturated heterocycles. The number of halogens is 1. The fourth-order valence-corrected chi connectivity index (χ4v) is 2.52. The highest BCUT2D eigenvalue weighted by molar-refractivity contribution is 6.32. The van der Waals surface area contributed by atoms with Crippen LogP contribution in [-0.4, -0.2) is 7.11 Å². The van der Waals surface area contributed by atoms with Crippen LogP contribution >= 0.6 is 11.6 Å².